The summed E-state index contributed by atoms with van der Waals surface area (Å²) in [7, 11) is 1.01. The van der Waals surface area contributed by atoms with Gasteiger partial charge in [-0.1, -0.05) is 13.3 Å². The summed E-state index contributed by atoms with van der Waals surface area (Å²) in [6.07, 6.45) is -0.896. The van der Waals surface area contributed by atoms with Gasteiger partial charge in [0.15, 0.2) is 0 Å². The molecule has 1 aliphatic heterocycles. The minimum Gasteiger partial charge on any atom is -0.481 e. The van der Waals surface area contributed by atoms with Crippen molar-refractivity contribution < 1.29 is 37.7 Å². The van der Waals surface area contributed by atoms with Crippen molar-refractivity contribution in [2.24, 2.45) is 0 Å². The van der Waals surface area contributed by atoms with Crippen molar-refractivity contribution >= 4 is 21.4 Å². The van der Waals surface area contributed by atoms with Crippen LogP contribution in [0.25, 0.3) is 0 Å². The Kier molecular flexibility index (Phi) is 8.75. The Balaban J connectivity index is 2.88. The molecular formula is C13H26BO8P. The zero-order valence-electron chi connectivity index (χ0n) is 14.1. The maximum Gasteiger partial charge on any atom is 0.342 e. The molecule has 0 amide bonds. The molecule has 0 radical (unpaired) electrons. The van der Waals surface area contributed by atoms with Gasteiger partial charge in [-0.2, -0.15) is 0 Å². The third-order valence-electron chi connectivity index (χ3n) is 3.54. The number of methoxy groups -OCH3 is 2. The van der Waals surface area contributed by atoms with E-state index >= 15 is 0 Å². The first kappa shape index (κ1) is 20.6. The van der Waals surface area contributed by atoms with Crippen LogP contribution in [0.3, 0.4) is 0 Å². The number of hydrogen-bond acceptors (Lipinski definition) is 7. The fourth-order valence-electron chi connectivity index (χ4n) is 2.47. The van der Waals surface area contributed by atoms with E-state index in [4.69, 9.17) is 28.4 Å². The minimum atomic E-state index is -3.81. The van der Waals surface area contributed by atoms with Crippen LogP contribution < -0.4 is 0 Å². The summed E-state index contributed by atoms with van der Waals surface area (Å²) in [5.74, 6) is -1.24. The van der Waals surface area contributed by atoms with Crippen LogP contribution in [0.15, 0.2) is 0 Å². The number of ether oxygens (including phenoxy) is 3. The second-order valence-electron chi connectivity index (χ2n) is 5.45. The highest BCUT2D eigenvalue weighted by Crippen LogP contribution is 2.51. The second-order valence-corrected chi connectivity index (χ2v) is 7.46. The van der Waals surface area contributed by atoms with E-state index in [0.29, 0.717) is 6.42 Å². The van der Waals surface area contributed by atoms with Gasteiger partial charge in [-0.15, -0.1) is 0 Å². The van der Waals surface area contributed by atoms with Gasteiger partial charge in [0.2, 0.25) is 0 Å². The molecule has 8 nitrogen and oxygen atoms in total. The molecule has 1 saturated heterocycles. The number of aliphatic carboxylic acids is 1. The van der Waals surface area contributed by atoms with Crippen molar-refractivity contribution in [2.45, 2.75) is 44.1 Å². The van der Waals surface area contributed by atoms with Crippen molar-refractivity contribution in [3.63, 3.8) is 0 Å². The maximum atomic E-state index is 12.8. The predicted octanol–water partition coefficient (Wildman–Crippen LogP) is 0.485. The summed E-state index contributed by atoms with van der Waals surface area (Å²) < 4.78 is 39.8. The molecule has 134 valence electrons. The normalized spacial score (nSPS) is 30.2. The van der Waals surface area contributed by atoms with Gasteiger partial charge in [-0.25, -0.2) is 0 Å². The molecular weight excluding hydrogens is 326 g/mol. The van der Waals surface area contributed by atoms with Gasteiger partial charge >= 0.3 is 13.6 Å². The molecule has 1 N–H and O–H groups in total. The van der Waals surface area contributed by atoms with Crippen LogP contribution in [0.4, 0.5) is 0 Å². The first-order valence-corrected chi connectivity index (χ1v) is 9.40. The number of carboxylic acid groups (broad SMARTS) is 1. The first-order valence-electron chi connectivity index (χ1n) is 7.67. The smallest absolute Gasteiger partial charge is 0.342 e. The third kappa shape index (κ3) is 6.17. The number of carboxylic acids is 1. The molecule has 0 aromatic rings. The Hall–Kier alpha value is -0.435. The molecule has 0 aliphatic carbocycles. The summed E-state index contributed by atoms with van der Waals surface area (Å²) in [6.45, 7) is 2.35. The average Bonchev–Trinajstić information content (AvgIpc) is 2.73. The fraction of sp³-hybridized carbons (Fsp3) is 0.923. The zero-order chi connectivity index (χ0) is 17.5. The van der Waals surface area contributed by atoms with Gasteiger partial charge in [-0.3, -0.25) is 13.9 Å². The number of rotatable bonds is 11. The molecule has 0 aromatic carbocycles. The van der Waals surface area contributed by atoms with Crippen molar-refractivity contribution in [3.8, 4) is 0 Å². The van der Waals surface area contributed by atoms with E-state index in [9.17, 15) is 9.36 Å². The Bertz CT molecular complexity index is 421. The average molecular weight is 352 g/mol. The lowest BCUT2D eigenvalue weighted by molar-refractivity contribution is -0.134. The minimum absolute atomic E-state index is 0.177. The molecule has 5 atom stereocenters. The molecule has 0 bridgehead atoms. The topological polar surface area (TPSA) is 101 Å². The lowest BCUT2D eigenvalue weighted by Gasteiger charge is -2.27. The van der Waals surface area contributed by atoms with Gasteiger partial charge in [0.25, 0.3) is 0 Å². The Morgan fingerprint density at radius 3 is 2.57 bits per heavy atom. The third-order valence-corrected chi connectivity index (χ3v) is 5.34. The molecule has 1 fully saturated rings. The molecule has 0 saturated carbocycles. The van der Waals surface area contributed by atoms with E-state index in [0.717, 1.165) is 6.42 Å². The van der Waals surface area contributed by atoms with E-state index in [1.807, 2.05) is 6.92 Å². The Labute approximate surface area is 137 Å². The van der Waals surface area contributed by atoms with Crippen molar-refractivity contribution in [3.05, 3.63) is 0 Å². The van der Waals surface area contributed by atoms with Crippen molar-refractivity contribution in [1.29, 1.82) is 0 Å². The predicted molar refractivity (Wildman–Crippen MR) is 85.7 cm³/mol. The first-order chi connectivity index (χ1) is 10.9. The van der Waals surface area contributed by atoms with Crippen LogP contribution in [0.1, 0.15) is 19.8 Å². The molecule has 1 aliphatic rings. The maximum absolute atomic E-state index is 12.8. The summed E-state index contributed by atoms with van der Waals surface area (Å²) >= 11 is 0. The van der Waals surface area contributed by atoms with Crippen molar-refractivity contribution in [1.82, 2.24) is 0 Å². The SMILES string of the molecule is BC1OC(COC)C(OP(=O)(CC(=O)O)OCCCC)C1OC. The molecule has 5 unspecified atom stereocenters. The zero-order valence-corrected chi connectivity index (χ0v) is 15.0. The highest BCUT2D eigenvalue weighted by Gasteiger charge is 2.47. The summed E-state index contributed by atoms with van der Waals surface area (Å²) in [6, 6.07) is -0.293. The van der Waals surface area contributed by atoms with Gasteiger partial charge in [-0.05, 0) is 6.42 Å². The molecule has 10 heteroatoms. The van der Waals surface area contributed by atoms with Crippen molar-refractivity contribution in [2.75, 3.05) is 33.6 Å². The number of carbonyl (C=O) groups is 1. The van der Waals surface area contributed by atoms with E-state index in [1.165, 1.54) is 14.2 Å². The van der Waals surface area contributed by atoms with Crippen LogP contribution >= 0.6 is 7.60 Å². The van der Waals surface area contributed by atoms with E-state index in [-0.39, 0.29) is 19.2 Å². The summed E-state index contributed by atoms with van der Waals surface area (Å²) in [4.78, 5) is 11.0. The van der Waals surface area contributed by atoms with E-state index in [1.54, 1.807) is 7.85 Å². The van der Waals surface area contributed by atoms with Gasteiger partial charge in [0, 0.05) is 14.2 Å². The summed E-state index contributed by atoms with van der Waals surface area (Å²) in [5, 5.41) is 9.00. The molecule has 0 aromatic heterocycles. The van der Waals surface area contributed by atoms with Gasteiger partial charge in [0.05, 0.1) is 19.2 Å². The molecule has 1 heterocycles. The quantitative estimate of drug-likeness (QED) is 0.326. The number of hydrogen-bond donors (Lipinski definition) is 1. The Morgan fingerprint density at radius 2 is 2.04 bits per heavy atom. The lowest BCUT2D eigenvalue weighted by Crippen LogP contribution is -2.38. The molecule has 1 rings (SSSR count). The monoisotopic (exact) mass is 352 g/mol. The second kappa shape index (κ2) is 9.76. The van der Waals surface area contributed by atoms with Crippen LogP contribution in [-0.4, -0.2) is 76.8 Å². The van der Waals surface area contributed by atoms with Gasteiger partial charge < -0.3 is 23.8 Å². The fourth-order valence-corrected chi connectivity index (χ4v) is 4.07. The standard InChI is InChI=1S/C13H26BO8P/c1-4-5-6-20-23(17,8-10(15)16)22-11-9(7-18-2)21-13(14)12(11)19-3/h9,11-13H,4-8,14H2,1-3H3,(H,15,16). The summed E-state index contributed by atoms with van der Waals surface area (Å²) in [5.41, 5.74) is 0. The molecule has 23 heavy (non-hydrogen) atoms. The van der Waals surface area contributed by atoms with E-state index in [2.05, 4.69) is 0 Å². The van der Waals surface area contributed by atoms with Crippen LogP contribution in [0, 0.1) is 0 Å². The highest BCUT2D eigenvalue weighted by molar-refractivity contribution is 7.54. The van der Waals surface area contributed by atoms with Crippen LogP contribution in [-0.2, 0) is 32.6 Å². The highest BCUT2D eigenvalue weighted by atomic mass is 31.2. The van der Waals surface area contributed by atoms with Crippen LogP contribution in [0.5, 0.6) is 0 Å². The molecule has 0 spiro atoms. The van der Waals surface area contributed by atoms with Gasteiger partial charge in [0.1, 0.15) is 32.3 Å². The number of unbranched alkanes of at least 4 members (excludes halogenated alkanes) is 1. The Morgan fingerprint density at radius 1 is 1.35 bits per heavy atom. The lowest BCUT2D eigenvalue weighted by atomic mass is 9.93. The van der Waals surface area contributed by atoms with Crippen LogP contribution in [0.2, 0.25) is 0 Å². The van der Waals surface area contributed by atoms with E-state index < -0.39 is 38.0 Å². The largest absolute Gasteiger partial charge is 0.481 e.